The maximum Gasteiger partial charge on any atom is 0.511 e. The van der Waals surface area contributed by atoms with Crippen LogP contribution in [0.1, 0.15) is 39.5 Å². The second-order valence-electron chi connectivity index (χ2n) is 5.90. The molecule has 10 heteroatoms. The Morgan fingerprint density at radius 1 is 1.25 bits per heavy atom. The molecule has 0 spiro atoms. The van der Waals surface area contributed by atoms with Crippen molar-refractivity contribution in [2.45, 2.75) is 51.1 Å². The summed E-state index contributed by atoms with van der Waals surface area (Å²) in [4.78, 5) is 4.11. The van der Waals surface area contributed by atoms with E-state index in [1.807, 2.05) is 0 Å². The van der Waals surface area contributed by atoms with Gasteiger partial charge >= 0.3 is 15.5 Å². The molecule has 1 fully saturated rings. The number of alkyl halides is 3. The Morgan fingerprint density at radius 3 is 2.21 bits per heavy atom. The number of guanidine groups is 1. The highest BCUT2D eigenvalue weighted by Crippen LogP contribution is 2.28. The van der Waals surface area contributed by atoms with Crippen LogP contribution in [0.4, 0.5) is 13.2 Å². The molecule has 0 unspecified atom stereocenters. The maximum absolute atomic E-state index is 12.5. The summed E-state index contributed by atoms with van der Waals surface area (Å²) in [6, 6.07) is -0.0995. The molecule has 0 aliphatic carbocycles. The van der Waals surface area contributed by atoms with Gasteiger partial charge in [-0.15, -0.1) is 0 Å². The van der Waals surface area contributed by atoms with E-state index in [1.54, 1.807) is 7.05 Å². The average Bonchev–Trinajstić information content (AvgIpc) is 2.54. The summed E-state index contributed by atoms with van der Waals surface area (Å²) in [6.45, 7) is 4.70. The van der Waals surface area contributed by atoms with Gasteiger partial charge in [-0.3, -0.25) is 4.99 Å². The molecule has 0 atom stereocenters. The maximum atomic E-state index is 12.5. The second-order valence-corrected chi connectivity index (χ2v) is 7.83. The zero-order valence-corrected chi connectivity index (χ0v) is 15.2. The molecule has 24 heavy (non-hydrogen) atoms. The second kappa shape index (κ2) is 8.89. The van der Waals surface area contributed by atoms with Crippen LogP contribution in [0.5, 0.6) is 0 Å². The normalized spacial score (nSPS) is 18.9. The number of piperidine rings is 1. The first-order valence-corrected chi connectivity index (χ1v) is 9.63. The molecule has 0 aromatic carbocycles. The van der Waals surface area contributed by atoms with E-state index in [9.17, 15) is 21.6 Å². The number of nitrogens with one attached hydrogen (secondary N) is 2. The molecular weight excluding hydrogens is 345 g/mol. The first-order chi connectivity index (χ1) is 11.2. The molecular formula is C14H27F3N4O2S. The highest BCUT2D eigenvalue weighted by molar-refractivity contribution is 7.90. The molecule has 1 saturated heterocycles. The summed E-state index contributed by atoms with van der Waals surface area (Å²) in [5.41, 5.74) is -5.24. The van der Waals surface area contributed by atoms with Gasteiger partial charge in [0, 0.05) is 32.7 Å². The van der Waals surface area contributed by atoms with E-state index in [-0.39, 0.29) is 19.1 Å². The molecule has 2 N–H and O–H groups in total. The molecule has 0 amide bonds. The van der Waals surface area contributed by atoms with Crippen molar-refractivity contribution in [1.82, 2.24) is 14.9 Å². The van der Waals surface area contributed by atoms with Crippen LogP contribution in [0.25, 0.3) is 0 Å². The summed E-state index contributed by atoms with van der Waals surface area (Å²) in [6.07, 6.45) is 2.71. The van der Waals surface area contributed by atoms with E-state index >= 15 is 0 Å². The Bertz CT molecular complexity index is 511. The van der Waals surface area contributed by atoms with Crippen LogP contribution in [0, 0.1) is 5.92 Å². The standard InChI is InChI=1S/C14H27F3N4O2S/c1-4-11(5-2)10-19-13(18-3)20-12-6-8-21(9-7-12)24(22,23)14(15,16)17/h11-12H,4-10H2,1-3H3,(H2,18,19,20). The highest BCUT2D eigenvalue weighted by atomic mass is 32.2. The van der Waals surface area contributed by atoms with Crippen molar-refractivity contribution >= 4 is 16.0 Å². The largest absolute Gasteiger partial charge is 0.511 e. The highest BCUT2D eigenvalue weighted by Gasteiger charge is 2.50. The number of halogens is 3. The molecule has 0 aromatic rings. The van der Waals surface area contributed by atoms with Crippen molar-refractivity contribution in [1.29, 1.82) is 0 Å². The first kappa shape index (κ1) is 21.0. The predicted octanol–water partition coefficient (Wildman–Crippen LogP) is 1.90. The summed E-state index contributed by atoms with van der Waals surface area (Å²) >= 11 is 0. The quantitative estimate of drug-likeness (QED) is 0.552. The van der Waals surface area contributed by atoms with Crippen LogP contribution in [0.2, 0.25) is 0 Å². The molecule has 6 nitrogen and oxygen atoms in total. The lowest BCUT2D eigenvalue weighted by atomic mass is 10.0. The summed E-state index contributed by atoms with van der Waals surface area (Å²) in [5.74, 6) is 1.13. The average molecular weight is 372 g/mol. The van der Waals surface area contributed by atoms with Crippen molar-refractivity contribution in [3.05, 3.63) is 0 Å². The molecule has 0 aromatic heterocycles. The minimum absolute atomic E-state index is 0.0995. The molecule has 1 heterocycles. The zero-order valence-electron chi connectivity index (χ0n) is 14.4. The minimum Gasteiger partial charge on any atom is -0.356 e. The van der Waals surface area contributed by atoms with E-state index in [4.69, 9.17) is 0 Å². The van der Waals surface area contributed by atoms with Gasteiger partial charge in [-0.1, -0.05) is 26.7 Å². The number of sulfonamides is 1. The van der Waals surface area contributed by atoms with E-state index in [0.29, 0.717) is 29.0 Å². The Kier molecular flexibility index (Phi) is 7.78. The molecule has 1 rings (SSSR count). The molecule has 1 aliphatic rings. The molecule has 1 aliphatic heterocycles. The number of hydrogen-bond donors (Lipinski definition) is 2. The summed E-state index contributed by atoms with van der Waals surface area (Å²) < 4.78 is 60.9. The molecule has 142 valence electrons. The first-order valence-electron chi connectivity index (χ1n) is 8.19. The Morgan fingerprint density at radius 2 is 1.79 bits per heavy atom. The van der Waals surface area contributed by atoms with Crippen molar-refractivity contribution in [3.63, 3.8) is 0 Å². The smallest absolute Gasteiger partial charge is 0.356 e. The fraction of sp³-hybridized carbons (Fsp3) is 0.929. The van der Waals surface area contributed by atoms with Gasteiger partial charge in [0.1, 0.15) is 0 Å². The van der Waals surface area contributed by atoms with Crippen molar-refractivity contribution in [2.75, 3.05) is 26.7 Å². The van der Waals surface area contributed by atoms with Gasteiger partial charge in [-0.05, 0) is 18.8 Å². The van der Waals surface area contributed by atoms with Gasteiger partial charge in [0.2, 0.25) is 0 Å². The van der Waals surface area contributed by atoms with E-state index in [2.05, 4.69) is 29.5 Å². The van der Waals surface area contributed by atoms with Crippen LogP contribution in [0.15, 0.2) is 4.99 Å². The molecule has 0 saturated carbocycles. The summed E-state index contributed by atoms with van der Waals surface area (Å²) in [7, 11) is -3.60. The van der Waals surface area contributed by atoms with Crippen LogP contribution in [-0.2, 0) is 10.0 Å². The van der Waals surface area contributed by atoms with Crippen molar-refractivity contribution in [2.24, 2.45) is 10.9 Å². The predicted molar refractivity (Wildman–Crippen MR) is 88.1 cm³/mol. The van der Waals surface area contributed by atoms with Gasteiger partial charge in [-0.2, -0.15) is 17.5 Å². The van der Waals surface area contributed by atoms with Gasteiger partial charge in [0.25, 0.3) is 0 Å². The molecule has 0 radical (unpaired) electrons. The number of rotatable bonds is 6. The fourth-order valence-corrected chi connectivity index (χ4v) is 3.58. The van der Waals surface area contributed by atoms with E-state index < -0.39 is 15.5 Å². The lowest BCUT2D eigenvalue weighted by molar-refractivity contribution is -0.0494. The third-order valence-electron chi connectivity index (χ3n) is 4.36. The van der Waals surface area contributed by atoms with Crippen molar-refractivity contribution in [3.8, 4) is 0 Å². The van der Waals surface area contributed by atoms with Crippen LogP contribution in [0.3, 0.4) is 0 Å². The Hall–Kier alpha value is -1.03. The van der Waals surface area contributed by atoms with Gasteiger partial charge in [0.05, 0.1) is 0 Å². The lowest BCUT2D eigenvalue weighted by Gasteiger charge is -2.32. The van der Waals surface area contributed by atoms with Gasteiger partial charge in [-0.25, -0.2) is 8.42 Å². The third kappa shape index (κ3) is 5.51. The number of hydrogen-bond acceptors (Lipinski definition) is 3. The molecule has 0 bridgehead atoms. The van der Waals surface area contributed by atoms with Crippen LogP contribution >= 0.6 is 0 Å². The van der Waals surface area contributed by atoms with E-state index in [1.165, 1.54) is 0 Å². The Labute approximate surface area is 141 Å². The number of aliphatic imine (C=N–C) groups is 1. The van der Waals surface area contributed by atoms with Gasteiger partial charge in [0.15, 0.2) is 5.96 Å². The van der Waals surface area contributed by atoms with Crippen LogP contribution < -0.4 is 10.6 Å². The van der Waals surface area contributed by atoms with E-state index in [0.717, 1.165) is 19.4 Å². The summed E-state index contributed by atoms with van der Waals surface area (Å²) in [5, 5.41) is 6.37. The SMILES string of the molecule is CCC(CC)CNC(=NC)NC1CCN(S(=O)(=O)C(F)(F)F)CC1. The Balaban J connectivity index is 2.50. The fourth-order valence-electron chi connectivity index (χ4n) is 2.59. The lowest BCUT2D eigenvalue weighted by Crippen LogP contribution is -2.52. The van der Waals surface area contributed by atoms with Gasteiger partial charge < -0.3 is 10.6 Å². The minimum atomic E-state index is -5.24. The number of nitrogens with zero attached hydrogens (tertiary/aromatic N) is 2. The monoisotopic (exact) mass is 372 g/mol. The van der Waals surface area contributed by atoms with Crippen LogP contribution in [-0.4, -0.2) is 56.9 Å². The van der Waals surface area contributed by atoms with Crippen molar-refractivity contribution < 1.29 is 21.6 Å². The third-order valence-corrected chi connectivity index (χ3v) is 5.99. The topological polar surface area (TPSA) is 73.8 Å². The zero-order chi connectivity index (χ0) is 18.4.